The number of carbonyl (C=O) groups is 1. The quantitative estimate of drug-likeness (QED) is 0.697. The Hall–Kier alpha value is -0.410. The van der Waals surface area contributed by atoms with Gasteiger partial charge in [-0.05, 0) is 62.2 Å². The summed E-state index contributed by atoms with van der Waals surface area (Å²) in [6.45, 7) is 8.93. The molecule has 1 N–H and O–H groups in total. The van der Waals surface area contributed by atoms with Gasteiger partial charge in [0.2, 0.25) is 0 Å². The molecular weight excluding hydrogens is 288 g/mol. The zero-order chi connectivity index (χ0) is 16.4. The number of hydrogen-bond donors (Lipinski definition) is 1. The molecule has 23 heavy (non-hydrogen) atoms. The monoisotopic (exact) mass is 318 g/mol. The molecule has 5 fully saturated rings. The molecule has 0 radical (unpaired) electrons. The fourth-order valence-corrected chi connectivity index (χ4v) is 8.28. The van der Waals surface area contributed by atoms with Crippen LogP contribution in [0.25, 0.3) is 0 Å². The number of Topliss-reactive ketones (excluding diaryl/α,β-unsaturated/α-hetero) is 1. The van der Waals surface area contributed by atoms with Gasteiger partial charge in [0.05, 0.1) is 11.7 Å². The Morgan fingerprint density at radius 3 is 2.57 bits per heavy atom. The topological polar surface area (TPSA) is 49.8 Å². The molecule has 8 atom stereocenters. The minimum Gasteiger partial charge on any atom is -0.385 e. The summed E-state index contributed by atoms with van der Waals surface area (Å²) in [5, 5.41) is 10.5. The van der Waals surface area contributed by atoms with E-state index in [4.69, 9.17) is 4.74 Å². The van der Waals surface area contributed by atoms with Crippen molar-refractivity contribution in [2.75, 3.05) is 0 Å². The van der Waals surface area contributed by atoms with E-state index in [0.717, 1.165) is 12.3 Å². The first-order valence-electron chi connectivity index (χ1n) is 9.55. The summed E-state index contributed by atoms with van der Waals surface area (Å²) in [7, 11) is 0. The fraction of sp³-hybridized carbons (Fsp3) is 0.950. The molecule has 1 spiro atoms. The second-order valence-corrected chi connectivity index (χ2v) is 10.4. The van der Waals surface area contributed by atoms with Crippen LogP contribution in [0, 0.1) is 34.0 Å². The molecule has 5 aliphatic rings. The molecule has 1 aliphatic heterocycles. The van der Waals surface area contributed by atoms with E-state index in [1.807, 2.05) is 0 Å². The van der Waals surface area contributed by atoms with Crippen LogP contribution in [0.2, 0.25) is 0 Å². The number of epoxide rings is 1. The van der Waals surface area contributed by atoms with E-state index in [2.05, 4.69) is 27.7 Å². The Morgan fingerprint density at radius 2 is 1.83 bits per heavy atom. The Kier molecular flexibility index (Phi) is 2.51. The smallest absolute Gasteiger partial charge is 0.162 e. The predicted octanol–water partition coefficient (Wildman–Crippen LogP) is 3.34. The average Bonchev–Trinajstić information content (AvgIpc) is 3.14. The third-order valence-electron chi connectivity index (χ3n) is 9.25. The number of ketones is 1. The lowest BCUT2D eigenvalue weighted by molar-refractivity contribution is -0.193. The molecule has 8 unspecified atom stereocenters. The van der Waals surface area contributed by atoms with Crippen molar-refractivity contribution in [3.05, 3.63) is 0 Å². The van der Waals surface area contributed by atoms with Crippen LogP contribution in [-0.4, -0.2) is 28.7 Å². The third kappa shape index (κ3) is 1.45. The van der Waals surface area contributed by atoms with Gasteiger partial charge in [-0.3, -0.25) is 4.79 Å². The van der Waals surface area contributed by atoms with Gasteiger partial charge in [-0.1, -0.05) is 20.8 Å². The van der Waals surface area contributed by atoms with Crippen LogP contribution in [0.1, 0.15) is 66.2 Å². The van der Waals surface area contributed by atoms with E-state index < -0.39 is 6.10 Å². The van der Waals surface area contributed by atoms with Crippen molar-refractivity contribution in [2.24, 2.45) is 34.0 Å². The van der Waals surface area contributed by atoms with E-state index in [9.17, 15) is 9.90 Å². The second-order valence-electron chi connectivity index (χ2n) is 10.4. The van der Waals surface area contributed by atoms with Crippen molar-refractivity contribution in [3.8, 4) is 0 Å². The first-order valence-corrected chi connectivity index (χ1v) is 9.55. The summed E-state index contributed by atoms with van der Waals surface area (Å²) in [6.07, 6.45) is 6.45. The van der Waals surface area contributed by atoms with Gasteiger partial charge in [0.25, 0.3) is 0 Å². The van der Waals surface area contributed by atoms with E-state index in [-0.39, 0.29) is 22.2 Å². The highest BCUT2D eigenvalue weighted by Gasteiger charge is 2.79. The molecule has 128 valence electrons. The van der Waals surface area contributed by atoms with Crippen LogP contribution >= 0.6 is 0 Å². The lowest BCUT2D eigenvalue weighted by atomic mass is 9.40. The summed E-state index contributed by atoms with van der Waals surface area (Å²) in [4.78, 5) is 12.6. The molecule has 0 aromatic rings. The maximum Gasteiger partial charge on any atom is 0.162 e. The van der Waals surface area contributed by atoms with Gasteiger partial charge in [-0.15, -0.1) is 0 Å². The number of aliphatic hydroxyl groups excluding tert-OH is 1. The molecule has 0 amide bonds. The number of aliphatic hydroxyl groups is 1. The number of hydrogen-bond acceptors (Lipinski definition) is 3. The van der Waals surface area contributed by atoms with Crippen molar-refractivity contribution in [1.82, 2.24) is 0 Å². The van der Waals surface area contributed by atoms with Gasteiger partial charge < -0.3 is 9.84 Å². The Labute approximate surface area is 139 Å². The van der Waals surface area contributed by atoms with Crippen LogP contribution in [0.5, 0.6) is 0 Å². The minimum atomic E-state index is -0.781. The Balaban J connectivity index is 1.60. The summed E-state index contributed by atoms with van der Waals surface area (Å²) in [6, 6.07) is 0. The lowest BCUT2D eigenvalue weighted by Crippen LogP contribution is -2.63. The number of fused-ring (bicyclic) bond motifs is 5. The van der Waals surface area contributed by atoms with Crippen LogP contribution in [0.15, 0.2) is 0 Å². The summed E-state index contributed by atoms with van der Waals surface area (Å²) >= 11 is 0. The Morgan fingerprint density at radius 1 is 1.09 bits per heavy atom. The molecule has 2 bridgehead atoms. The molecule has 3 nitrogen and oxygen atoms in total. The van der Waals surface area contributed by atoms with Crippen LogP contribution in [-0.2, 0) is 9.53 Å². The van der Waals surface area contributed by atoms with Gasteiger partial charge in [-0.2, -0.15) is 0 Å². The van der Waals surface area contributed by atoms with Gasteiger partial charge >= 0.3 is 0 Å². The molecule has 4 saturated carbocycles. The highest BCUT2D eigenvalue weighted by molar-refractivity contribution is 5.85. The number of rotatable bonds is 0. The molecular formula is C20H30O3. The van der Waals surface area contributed by atoms with Crippen molar-refractivity contribution in [1.29, 1.82) is 0 Å². The second kappa shape index (κ2) is 3.88. The summed E-state index contributed by atoms with van der Waals surface area (Å²) < 4.78 is 6.26. The van der Waals surface area contributed by atoms with E-state index in [1.165, 1.54) is 25.7 Å². The molecule has 5 rings (SSSR count). The lowest BCUT2D eigenvalue weighted by Gasteiger charge is -2.64. The summed E-state index contributed by atoms with van der Waals surface area (Å²) in [5.41, 5.74) is 0.211. The van der Waals surface area contributed by atoms with Crippen molar-refractivity contribution in [3.63, 3.8) is 0 Å². The van der Waals surface area contributed by atoms with Gasteiger partial charge in [0.15, 0.2) is 5.78 Å². The molecule has 0 aromatic carbocycles. The highest BCUT2D eigenvalue weighted by atomic mass is 16.6. The first-order chi connectivity index (χ1) is 10.7. The molecule has 1 heterocycles. The predicted molar refractivity (Wildman–Crippen MR) is 86.8 cm³/mol. The van der Waals surface area contributed by atoms with Crippen LogP contribution < -0.4 is 0 Å². The van der Waals surface area contributed by atoms with Gasteiger partial charge in [0.1, 0.15) is 6.10 Å². The number of ether oxygens (including phenoxy) is 1. The SMILES string of the molecule is CC1(C)C(O)C(=O)CC2(C)C1CCC13CC(CCC21)C1(C)OC31. The maximum absolute atomic E-state index is 12.6. The van der Waals surface area contributed by atoms with Gasteiger partial charge in [-0.25, -0.2) is 0 Å². The third-order valence-corrected chi connectivity index (χ3v) is 9.25. The van der Waals surface area contributed by atoms with E-state index in [1.54, 1.807) is 0 Å². The summed E-state index contributed by atoms with van der Waals surface area (Å²) in [5.74, 6) is 1.85. The molecule has 3 heteroatoms. The molecule has 4 aliphatic carbocycles. The Bertz CT molecular complexity index is 598. The zero-order valence-corrected chi connectivity index (χ0v) is 14.9. The van der Waals surface area contributed by atoms with Crippen molar-refractivity contribution in [2.45, 2.75) is 84.0 Å². The fourth-order valence-electron chi connectivity index (χ4n) is 8.28. The van der Waals surface area contributed by atoms with E-state index in [0.29, 0.717) is 29.8 Å². The van der Waals surface area contributed by atoms with Crippen LogP contribution in [0.3, 0.4) is 0 Å². The molecule has 1 saturated heterocycles. The van der Waals surface area contributed by atoms with Crippen LogP contribution in [0.4, 0.5) is 0 Å². The zero-order valence-electron chi connectivity index (χ0n) is 14.9. The number of carbonyl (C=O) groups excluding carboxylic acids is 1. The first kappa shape index (κ1) is 14.9. The maximum atomic E-state index is 12.6. The highest BCUT2D eigenvalue weighted by Crippen LogP contribution is 2.77. The minimum absolute atomic E-state index is 0.0419. The molecule has 0 aromatic heterocycles. The van der Waals surface area contributed by atoms with Crippen molar-refractivity contribution >= 4 is 5.78 Å². The standard InChI is InChI=1S/C20H30O3/c1-17(2)13-7-8-20-9-11(19(4)16(20)23-19)5-6-14(20)18(13,3)10-12(21)15(17)22/h11,13-16,22H,5-10H2,1-4H3. The largest absolute Gasteiger partial charge is 0.385 e. The van der Waals surface area contributed by atoms with E-state index >= 15 is 0 Å². The average molecular weight is 318 g/mol. The normalized spacial score (nSPS) is 62.3. The van der Waals surface area contributed by atoms with Crippen molar-refractivity contribution < 1.29 is 14.6 Å². The van der Waals surface area contributed by atoms with Gasteiger partial charge in [0, 0.05) is 17.3 Å².